The lowest BCUT2D eigenvalue weighted by atomic mass is 10.1. The van der Waals surface area contributed by atoms with Crippen molar-refractivity contribution in [2.24, 2.45) is 0 Å². The maximum atomic E-state index is 11.9. The summed E-state index contributed by atoms with van der Waals surface area (Å²) in [5, 5.41) is 0. The van der Waals surface area contributed by atoms with E-state index in [2.05, 4.69) is 23.8 Å². The van der Waals surface area contributed by atoms with Crippen LogP contribution in [0.1, 0.15) is 90.9 Å². The molecule has 0 aliphatic rings. The molecule has 0 aliphatic heterocycles. The van der Waals surface area contributed by atoms with E-state index < -0.39 is 6.16 Å². The number of carbonyl (C=O) groups excluding carboxylic acids is 1. The Balaban J connectivity index is 1.40. The van der Waals surface area contributed by atoms with Gasteiger partial charge in [-0.3, -0.25) is 0 Å². The summed E-state index contributed by atoms with van der Waals surface area (Å²) in [4.78, 5) is 21.0. The lowest BCUT2D eigenvalue weighted by Gasteiger charge is -2.08. The van der Waals surface area contributed by atoms with Gasteiger partial charge in [-0.1, -0.05) is 90.2 Å². The van der Waals surface area contributed by atoms with E-state index in [0.29, 0.717) is 18.2 Å². The van der Waals surface area contributed by atoms with Crippen LogP contribution in [0.5, 0.6) is 11.5 Å². The predicted octanol–water partition coefficient (Wildman–Crippen LogP) is 9.43. The second-order valence-corrected chi connectivity index (χ2v) is 9.93. The summed E-state index contributed by atoms with van der Waals surface area (Å²) in [6.07, 6.45) is 17.3. The van der Waals surface area contributed by atoms with E-state index in [0.717, 1.165) is 48.3 Å². The molecule has 6 heteroatoms. The van der Waals surface area contributed by atoms with Crippen molar-refractivity contribution < 1.29 is 19.0 Å². The van der Waals surface area contributed by atoms with Gasteiger partial charge in [0, 0.05) is 23.5 Å². The number of unbranched alkanes of at least 4 members (excludes halogenated alkanes) is 10. The third-order valence-electron chi connectivity index (χ3n) is 6.64. The molecule has 1 heterocycles. The summed E-state index contributed by atoms with van der Waals surface area (Å²) in [7, 11) is 0. The van der Waals surface area contributed by atoms with Crippen LogP contribution in [0.3, 0.4) is 0 Å². The molecular weight excluding hydrogens is 488 g/mol. The molecular formula is C33H44N2O4. The van der Waals surface area contributed by atoms with Gasteiger partial charge in [-0.25, -0.2) is 14.8 Å². The Kier molecular flexibility index (Phi) is 13.9. The Hall–Kier alpha value is -3.41. The highest BCUT2D eigenvalue weighted by Gasteiger charge is 2.08. The number of rotatable bonds is 18. The molecule has 0 unspecified atom stereocenters. The van der Waals surface area contributed by atoms with Crippen LogP contribution in [0.2, 0.25) is 0 Å². The molecule has 6 nitrogen and oxygen atoms in total. The number of hydrogen-bond donors (Lipinski definition) is 0. The zero-order valence-corrected chi connectivity index (χ0v) is 23.7. The van der Waals surface area contributed by atoms with Crippen LogP contribution in [-0.4, -0.2) is 29.3 Å². The van der Waals surface area contributed by atoms with Crippen molar-refractivity contribution in [3.8, 4) is 34.0 Å². The average Bonchev–Trinajstić information content (AvgIpc) is 2.97. The van der Waals surface area contributed by atoms with Gasteiger partial charge in [-0.15, -0.1) is 0 Å². The van der Waals surface area contributed by atoms with E-state index in [1.165, 1.54) is 57.8 Å². The van der Waals surface area contributed by atoms with Crippen LogP contribution >= 0.6 is 0 Å². The van der Waals surface area contributed by atoms with Crippen LogP contribution in [-0.2, 0) is 4.74 Å². The predicted molar refractivity (Wildman–Crippen MR) is 157 cm³/mol. The van der Waals surface area contributed by atoms with Gasteiger partial charge >= 0.3 is 6.16 Å². The minimum absolute atomic E-state index is 0.387. The van der Waals surface area contributed by atoms with Crippen molar-refractivity contribution in [1.82, 2.24) is 9.97 Å². The van der Waals surface area contributed by atoms with Crippen LogP contribution in [0.25, 0.3) is 22.5 Å². The molecule has 3 aromatic rings. The number of nitrogens with zero attached hydrogens (tertiary/aromatic N) is 2. The number of carbonyl (C=O) groups is 1. The molecule has 2 aromatic carbocycles. The summed E-state index contributed by atoms with van der Waals surface area (Å²) in [6.45, 7) is 5.58. The van der Waals surface area contributed by atoms with Gasteiger partial charge in [-0.05, 0) is 54.8 Å². The third-order valence-corrected chi connectivity index (χ3v) is 6.64. The van der Waals surface area contributed by atoms with Crippen LogP contribution < -0.4 is 9.47 Å². The first-order chi connectivity index (χ1) is 19.2. The van der Waals surface area contributed by atoms with Crippen molar-refractivity contribution in [2.45, 2.75) is 90.9 Å². The van der Waals surface area contributed by atoms with Gasteiger partial charge in [-0.2, -0.15) is 0 Å². The zero-order chi connectivity index (χ0) is 27.5. The Morgan fingerprint density at radius 1 is 0.590 bits per heavy atom. The highest BCUT2D eigenvalue weighted by molar-refractivity contribution is 5.66. The highest BCUT2D eigenvalue weighted by atomic mass is 16.7. The molecule has 0 radical (unpaired) electrons. The molecule has 3 rings (SSSR count). The first-order valence-corrected chi connectivity index (χ1v) is 14.7. The van der Waals surface area contributed by atoms with E-state index in [1.807, 2.05) is 48.8 Å². The van der Waals surface area contributed by atoms with E-state index >= 15 is 0 Å². The molecule has 0 saturated carbocycles. The molecule has 0 fully saturated rings. The molecule has 0 N–H and O–H groups in total. The van der Waals surface area contributed by atoms with E-state index in [1.54, 1.807) is 12.1 Å². The minimum Gasteiger partial charge on any atom is -0.494 e. The van der Waals surface area contributed by atoms with Crippen molar-refractivity contribution >= 4 is 6.16 Å². The van der Waals surface area contributed by atoms with Crippen molar-refractivity contribution in [3.63, 3.8) is 0 Å². The van der Waals surface area contributed by atoms with Crippen molar-refractivity contribution in [1.29, 1.82) is 0 Å². The van der Waals surface area contributed by atoms with Crippen LogP contribution in [0.4, 0.5) is 4.79 Å². The van der Waals surface area contributed by atoms with Crippen LogP contribution in [0.15, 0.2) is 60.9 Å². The first-order valence-electron chi connectivity index (χ1n) is 14.7. The second-order valence-electron chi connectivity index (χ2n) is 9.93. The van der Waals surface area contributed by atoms with Gasteiger partial charge in [0.05, 0.1) is 13.2 Å². The fourth-order valence-electron chi connectivity index (χ4n) is 4.28. The summed E-state index contributed by atoms with van der Waals surface area (Å²) >= 11 is 0. The Bertz CT molecular complexity index is 1070. The van der Waals surface area contributed by atoms with Gasteiger partial charge in [0.1, 0.15) is 11.5 Å². The van der Waals surface area contributed by atoms with Crippen molar-refractivity contribution in [3.05, 3.63) is 60.9 Å². The SMILES string of the molecule is CCCCCCCCOC(=O)Oc1ccc(-c2ncc(-c3ccc(OCCCCCCCC)cc3)cn2)cc1. The molecule has 0 amide bonds. The quantitative estimate of drug-likeness (QED) is 0.0923. The number of benzene rings is 2. The molecule has 0 aliphatic carbocycles. The first kappa shape index (κ1) is 30.1. The number of aromatic nitrogens is 2. The van der Waals surface area contributed by atoms with Gasteiger partial charge in [0.15, 0.2) is 5.82 Å². The number of hydrogen-bond acceptors (Lipinski definition) is 6. The normalized spacial score (nSPS) is 10.8. The van der Waals surface area contributed by atoms with E-state index in [-0.39, 0.29) is 0 Å². The summed E-state index contributed by atoms with van der Waals surface area (Å²) < 4.78 is 16.3. The molecule has 0 bridgehead atoms. The molecule has 0 atom stereocenters. The second kappa shape index (κ2) is 18.0. The van der Waals surface area contributed by atoms with Crippen molar-refractivity contribution in [2.75, 3.05) is 13.2 Å². The van der Waals surface area contributed by atoms with Gasteiger partial charge in [0.25, 0.3) is 0 Å². The fourth-order valence-corrected chi connectivity index (χ4v) is 4.28. The Morgan fingerprint density at radius 3 is 1.72 bits per heavy atom. The Labute approximate surface area is 234 Å². The molecule has 0 saturated heterocycles. The highest BCUT2D eigenvalue weighted by Crippen LogP contribution is 2.24. The lowest BCUT2D eigenvalue weighted by molar-refractivity contribution is 0.0973. The topological polar surface area (TPSA) is 70.5 Å². The van der Waals surface area contributed by atoms with E-state index in [9.17, 15) is 4.79 Å². The van der Waals surface area contributed by atoms with Crippen LogP contribution in [0, 0.1) is 0 Å². The maximum absolute atomic E-state index is 11.9. The number of ether oxygens (including phenoxy) is 3. The summed E-state index contributed by atoms with van der Waals surface area (Å²) in [5.41, 5.74) is 2.82. The largest absolute Gasteiger partial charge is 0.513 e. The summed E-state index contributed by atoms with van der Waals surface area (Å²) in [5.74, 6) is 1.93. The molecule has 1 aromatic heterocycles. The maximum Gasteiger partial charge on any atom is 0.513 e. The molecule has 39 heavy (non-hydrogen) atoms. The minimum atomic E-state index is -0.671. The molecule has 210 valence electrons. The summed E-state index contributed by atoms with van der Waals surface area (Å²) in [6, 6.07) is 15.2. The smallest absolute Gasteiger partial charge is 0.494 e. The average molecular weight is 533 g/mol. The van der Waals surface area contributed by atoms with Gasteiger partial charge in [0.2, 0.25) is 0 Å². The van der Waals surface area contributed by atoms with E-state index in [4.69, 9.17) is 14.2 Å². The monoisotopic (exact) mass is 532 g/mol. The fraction of sp³-hybridized carbons (Fsp3) is 0.485. The third kappa shape index (κ3) is 11.5. The Morgan fingerprint density at radius 2 is 1.10 bits per heavy atom. The standard InChI is InChI=1S/C33H44N2O4/c1-3-5-7-9-11-13-23-37-30-19-15-27(16-20-30)29-25-34-32(35-26-29)28-17-21-31(22-18-28)39-33(36)38-24-14-12-10-8-6-4-2/h15-22,25-26H,3-14,23-24H2,1-2H3. The van der Waals surface area contributed by atoms with Gasteiger partial charge < -0.3 is 14.2 Å². The molecule has 0 spiro atoms. The lowest BCUT2D eigenvalue weighted by Crippen LogP contribution is -2.11. The zero-order valence-electron chi connectivity index (χ0n) is 23.7.